The Morgan fingerprint density at radius 2 is 1.65 bits per heavy atom. The number of carbonyl (C=O) groups excluding carboxylic acids is 1. The lowest BCUT2D eigenvalue weighted by Gasteiger charge is -2.34. The van der Waals surface area contributed by atoms with Crippen LogP contribution in [0.3, 0.4) is 0 Å². The Morgan fingerprint density at radius 3 is 2.31 bits per heavy atom. The SMILES string of the molecule is I.NC(=NCCC(=O)N1CCN(c2ncccn2)CC1)N1CCCCC1. The zero-order valence-corrected chi connectivity index (χ0v) is 17.4. The van der Waals surface area contributed by atoms with Crippen molar-refractivity contribution in [3.8, 4) is 0 Å². The first kappa shape index (κ1) is 20.7. The van der Waals surface area contributed by atoms with Crippen molar-refractivity contribution >= 4 is 41.8 Å². The summed E-state index contributed by atoms with van der Waals surface area (Å²) in [5.74, 6) is 1.45. The van der Waals surface area contributed by atoms with Gasteiger partial charge in [-0.1, -0.05) is 0 Å². The van der Waals surface area contributed by atoms with Gasteiger partial charge in [0.2, 0.25) is 11.9 Å². The Kier molecular flexibility index (Phi) is 8.33. The number of carbonyl (C=O) groups is 1. The number of nitrogens with two attached hydrogens (primary N) is 1. The van der Waals surface area contributed by atoms with E-state index in [9.17, 15) is 4.79 Å². The highest BCUT2D eigenvalue weighted by Gasteiger charge is 2.22. The molecule has 0 radical (unpaired) electrons. The van der Waals surface area contributed by atoms with Crippen LogP contribution in [0.15, 0.2) is 23.5 Å². The third-order valence-corrected chi connectivity index (χ3v) is 4.75. The van der Waals surface area contributed by atoms with E-state index in [1.807, 2.05) is 4.90 Å². The number of halogens is 1. The van der Waals surface area contributed by atoms with Crippen molar-refractivity contribution < 1.29 is 4.79 Å². The standard InChI is InChI=1S/C17H27N7O.HI/c18-16(23-9-2-1-3-10-23)19-8-5-15(25)22-11-13-24(14-12-22)17-20-6-4-7-21-17;/h4,6-7H,1-3,5,8-14H2,(H2,18,19);1H. The second-order valence-electron chi connectivity index (χ2n) is 6.45. The van der Waals surface area contributed by atoms with Crippen molar-refractivity contribution in [2.45, 2.75) is 25.7 Å². The van der Waals surface area contributed by atoms with Crippen LogP contribution in [0.25, 0.3) is 0 Å². The quantitative estimate of drug-likeness (QED) is 0.398. The fourth-order valence-electron chi connectivity index (χ4n) is 3.26. The van der Waals surface area contributed by atoms with Gasteiger partial charge in [-0.05, 0) is 25.3 Å². The summed E-state index contributed by atoms with van der Waals surface area (Å²) in [6.07, 6.45) is 7.50. The Hall–Kier alpha value is -1.65. The second kappa shape index (κ2) is 10.5. The molecule has 144 valence electrons. The van der Waals surface area contributed by atoms with E-state index in [1.54, 1.807) is 18.5 Å². The third kappa shape index (κ3) is 5.68. The van der Waals surface area contributed by atoms with Crippen LogP contribution in [0, 0.1) is 0 Å². The normalized spacial score (nSPS) is 18.5. The fourth-order valence-corrected chi connectivity index (χ4v) is 3.26. The van der Waals surface area contributed by atoms with Crippen LogP contribution in [0.2, 0.25) is 0 Å². The van der Waals surface area contributed by atoms with Gasteiger partial charge in [0.1, 0.15) is 0 Å². The summed E-state index contributed by atoms with van der Waals surface area (Å²) in [5.41, 5.74) is 6.03. The first-order valence-corrected chi connectivity index (χ1v) is 9.08. The third-order valence-electron chi connectivity index (χ3n) is 4.75. The molecule has 0 bridgehead atoms. The van der Waals surface area contributed by atoms with E-state index in [0.29, 0.717) is 32.0 Å². The largest absolute Gasteiger partial charge is 0.370 e. The summed E-state index contributed by atoms with van der Waals surface area (Å²) >= 11 is 0. The number of hydrogen-bond donors (Lipinski definition) is 1. The van der Waals surface area contributed by atoms with E-state index in [-0.39, 0.29) is 29.9 Å². The number of piperidine rings is 1. The molecular weight excluding hydrogens is 445 g/mol. The summed E-state index contributed by atoms with van der Waals surface area (Å²) < 4.78 is 0. The van der Waals surface area contributed by atoms with Gasteiger partial charge in [0.15, 0.2) is 5.96 Å². The molecule has 0 unspecified atom stereocenters. The molecule has 3 rings (SSSR count). The molecular formula is C17H28IN7O. The van der Waals surface area contributed by atoms with Crippen molar-refractivity contribution in [2.75, 3.05) is 50.7 Å². The molecule has 2 fully saturated rings. The monoisotopic (exact) mass is 473 g/mol. The molecule has 1 amide bonds. The average Bonchev–Trinajstić information content (AvgIpc) is 2.69. The van der Waals surface area contributed by atoms with Gasteiger partial charge in [0.05, 0.1) is 6.54 Å². The van der Waals surface area contributed by atoms with Gasteiger partial charge in [0.25, 0.3) is 0 Å². The number of hydrogen-bond acceptors (Lipinski definition) is 5. The molecule has 9 heteroatoms. The highest BCUT2D eigenvalue weighted by Crippen LogP contribution is 2.11. The Morgan fingerprint density at radius 1 is 1.00 bits per heavy atom. The molecule has 2 N–H and O–H groups in total. The lowest BCUT2D eigenvalue weighted by atomic mass is 10.1. The van der Waals surface area contributed by atoms with E-state index in [2.05, 4.69) is 24.8 Å². The van der Waals surface area contributed by atoms with Gasteiger partial charge >= 0.3 is 0 Å². The highest BCUT2D eigenvalue weighted by atomic mass is 127. The molecule has 0 aromatic carbocycles. The molecule has 2 aliphatic rings. The lowest BCUT2D eigenvalue weighted by Crippen LogP contribution is -2.49. The maximum absolute atomic E-state index is 12.4. The maximum Gasteiger partial charge on any atom is 0.225 e. The topological polar surface area (TPSA) is 90.9 Å². The summed E-state index contributed by atoms with van der Waals surface area (Å²) in [5, 5.41) is 0. The molecule has 26 heavy (non-hydrogen) atoms. The molecule has 2 saturated heterocycles. The molecule has 0 aliphatic carbocycles. The zero-order valence-electron chi connectivity index (χ0n) is 15.1. The van der Waals surface area contributed by atoms with Crippen LogP contribution in [-0.4, -0.2) is 77.4 Å². The Labute approximate surface area is 171 Å². The van der Waals surface area contributed by atoms with Gasteiger partial charge in [-0.3, -0.25) is 9.79 Å². The molecule has 3 heterocycles. The maximum atomic E-state index is 12.4. The minimum absolute atomic E-state index is 0. The molecule has 0 atom stereocenters. The van der Waals surface area contributed by atoms with E-state index in [4.69, 9.17) is 5.73 Å². The van der Waals surface area contributed by atoms with Crippen LogP contribution in [0.4, 0.5) is 5.95 Å². The van der Waals surface area contributed by atoms with Crippen molar-refractivity contribution in [3.05, 3.63) is 18.5 Å². The predicted molar refractivity (Wildman–Crippen MR) is 113 cm³/mol. The average molecular weight is 473 g/mol. The minimum Gasteiger partial charge on any atom is -0.370 e. The number of nitrogens with zero attached hydrogens (tertiary/aromatic N) is 6. The minimum atomic E-state index is 0. The van der Waals surface area contributed by atoms with E-state index >= 15 is 0 Å². The first-order chi connectivity index (χ1) is 12.2. The molecule has 1 aromatic rings. The molecule has 1 aromatic heterocycles. The molecule has 0 saturated carbocycles. The van der Waals surface area contributed by atoms with Gasteiger partial charge < -0.3 is 20.4 Å². The molecule has 0 spiro atoms. The summed E-state index contributed by atoms with van der Waals surface area (Å²) in [6.45, 7) is 5.33. The van der Waals surface area contributed by atoms with Crippen molar-refractivity contribution in [2.24, 2.45) is 10.7 Å². The second-order valence-corrected chi connectivity index (χ2v) is 6.45. The highest BCUT2D eigenvalue weighted by molar-refractivity contribution is 14.0. The Bertz CT molecular complexity index is 584. The van der Waals surface area contributed by atoms with Crippen molar-refractivity contribution in [3.63, 3.8) is 0 Å². The van der Waals surface area contributed by atoms with Gasteiger partial charge in [-0.2, -0.15) is 0 Å². The van der Waals surface area contributed by atoms with Crippen LogP contribution < -0.4 is 10.6 Å². The van der Waals surface area contributed by atoms with E-state index in [0.717, 1.165) is 32.1 Å². The number of guanidine groups is 1. The number of amides is 1. The van der Waals surface area contributed by atoms with Gasteiger partial charge in [-0.25, -0.2) is 9.97 Å². The summed E-state index contributed by atoms with van der Waals surface area (Å²) in [7, 11) is 0. The Balaban J connectivity index is 0.00000243. The van der Waals surface area contributed by atoms with Crippen molar-refractivity contribution in [1.82, 2.24) is 19.8 Å². The number of piperazine rings is 1. The number of rotatable bonds is 4. The lowest BCUT2D eigenvalue weighted by molar-refractivity contribution is -0.131. The van der Waals surface area contributed by atoms with E-state index in [1.165, 1.54) is 19.3 Å². The van der Waals surface area contributed by atoms with Crippen LogP contribution >= 0.6 is 24.0 Å². The summed E-state index contributed by atoms with van der Waals surface area (Å²) in [4.78, 5) is 31.4. The number of likely N-dealkylation sites (tertiary alicyclic amines) is 1. The first-order valence-electron chi connectivity index (χ1n) is 9.08. The predicted octanol–water partition coefficient (Wildman–Crippen LogP) is 0.934. The zero-order chi connectivity index (χ0) is 17.5. The van der Waals surface area contributed by atoms with Crippen molar-refractivity contribution in [1.29, 1.82) is 0 Å². The molecule has 2 aliphatic heterocycles. The van der Waals surface area contributed by atoms with Gasteiger partial charge in [0, 0.05) is 58.1 Å². The van der Waals surface area contributed by atoms with Crippen LogP contribution in [0.1, 0.15) is 25.7 Å². The summed E-state index contributed by atoms with van der Waals surface area (Å²) in [6, 6.07) is 1.80. The van der Waals surface area contributed by atoms with E-state index < -0.39 is 0 Å². The number of aromatic nitrogens is 2. The van der Waals surface area contributed by atoms with Gasteiger partial charge in [-0.15, -0.1) is 24.0 Å². The van der Waals surface area contributed by atoms with Crippen LogP contribution in [0.5, 0.6) is 0 Å². The molecule has 8 nitrogen and oxygen atoms in total. The van der Waals surface area contributed by atoms with Crippen LogP contribution in [-0.2, 0) is 4.79 Å². The number of anilines is 1. The number of aliphatic imine (C=N–C) groups is 1. The smallest absolute Gasteiger partial charge is 0.225 e. The fraction of sp³-hybridized carbons (Fsp3) is 0.647.